The number of methoxy groups -OCH3 is 1. The van der Waals surface area contributed by atoms with E-state index in [0.29, 0.717) is 0 Å². The van der Waals surface area contributed by atoms with Gasteiger partial charge in [0.15, 0.2) is 0 Å². The van der Waals surface area contributed by atoms with E-state index in [1.165, 1.54) is 7.11 Å². The van der Waals surface area contributed by atoms with E-state index in [9.17, 15) is 4.79 Å². The number of ether oxygens (including phenoxy) is 1. The number of hydrogen-bond acceptors (Lipinski definition) is 3. The quantitative estimate of drug-likeness (QED) is 0.746. The number of rotatable bonds is 2. The first-order chi connectivity index (χ1) is 7.98. The molecule has 1 aromatic carbocycles. The molecule has 0 spiro atoms. The minimum absolute atomic E-state index is 0.257. The zero-order chi connectivity index (χ0) is 12.6. The highest BCUT2D eigenvalue weighted by atomic mass is 16.5. The van der Waals surface area contributed by atoms with Crippen LogP contribution in [-0.4, -0.2) is 13.1 Å². The number of fused-ring (bicyclic) bond motifs is 1. The van der Waals surface area contributed by atoms with Gasteiger partial charge in [0.05, 0.1) is 12.5 Å². The summed E-state index contributed by atoms with van der Waals surface area (Å²) >= 11 is 0. The van der Waals surface area contributed by atoms with Gasteiger partial charge in [-0.2, -0.15) is 0 Å². The van der Waals surface area contributed by atoms with E-state index in [4.69, 9.17) is 9.15 Å². The van der Waals surface area contributed by atoms with Gasteiger partial charge in [0, 0.05) is 10.9 Å². The van der Waals surface area contributed by atoms with Crippen molar-refractivity contribution in [3.05, 3.63) is 35.6 Å². The predicted molar refractivity (Wildman–Crippen MR) is 66.0 cm³/mol. The van der Waals surface area contributed by atoms with Gasteiger partial charge in [-0.1, -0.05) is 18.2 Å². The summed E-state index contributed by atoms with van der Waals surface area (Å²) in [5, 5.41) is 0.973. The number of esters is 1. The molecule has 0 radical (unpaired) electrons. The molecule has 3 heteroatoms. The molecule has 0 bridgehead atoms. The molecule has 0 aliphatic rings. The van der Waals surface area contributed by atoms with Gasteiger partial charge in [0.25, 0.3) is 0 Å². The Bertz CT molecular complexity index is 564. The molecule has 90 valence electrons. The summed E-state index contributed by atoms with van der Waals surface area (Å²) in [5.74, 6) is 0.508. The van der Waals surface area contributed by atoms with Gasteiger partial charge in [0.1, 0.15) is 11.3 Å². The number of benzene rings is 1. The molecule has 17 heavy (non-hydrogen) atoms. The smallest absolute Gasteiger partial charge is 0.315 e. The van der Waals surface area contributed by atoms with Crippen LogP contribution in [0.2, 0.25) is 0 Å². The maximum Gasteiger partial charge on any atom is 0.315 e. The summed E-state index contributed by atoms with van der Waals surface area (Å²) in [4.78, 5) is 11.9. The highest BCUT2D eigenvalue weighted by molar-refractivity contribution is 5.92. The van der Waals surface area contributed by atoms with Crippen molar-refractivity contribution in [3.8, 4) is 0 Å². The van der Waals surface area contributed by atoms with Crippen molar-refractivity contribution in [1.82, 2.24) is 0 Å². The zero-order valence-electron chi connectivity index (χ0n) is 10.5. The van der Waals surface area contributed by atoms with Crippen molar-refractivity contribution in [2.45, 2.75) is 26.2 Å². The Labute approximate surface area is 100 Å². The lowest BCUT2D eigenvalue weighted by Gasteiger charge is -2.21. The topological polar surface area (TPSA) is 39.4 Å². The minimum Gasteiger partial charge on any atom is -0.468 e. The monoisotopic (exact) mass is 232 g/mol. The van der Waals surface area contributed by atoms with Crippen LogP contribution in [-0.2, 0) is 14.9 Å². The van der Waals surface area contributed by atoms with Crippen LogP contribution in [0.15, 0.2) is 28.7 Å². The zero-order valence-corrected chi connectivity index (χ0v) is 10.5. The second-order valence-corrected chi connectivity index (χ2v) is 4.65. The third-order valence-electron chi connectivity index (χ3n) is 3.09. The molecule has 0 unspecified atom stereocenters. The van der Waals surface area contributed by atoms with Crippen molar-refractivity contribution in [3.63, 3.8) is 0 Å². The molecule has 2 rings (SSSR count). The normalized spacial score (nSPS) is 11.8. The molecule has 0 aliphatic carbocycles. The average molecular weight is 232 g/mol. The van der Waals surface area contributed by atoms with Crippen LogP contribution in [0.1, 0.15) is 25.2 Å². The lowest BCUT2D eigenvalue weighted by atomic mass is 9.83. The second kappa shape index (κ2) is 3.91. The molecule has 0 fully saturated rings. The fourth-order valence-electron chi connectivity index (χ4n) is 2.30. The highest BCUT2D eigenvalue weighted by Gasteiger charge is 2.35. The van der Waals surface area contributed by atoms with Gasteiger partial charge in [-0.15, -0.1) is 0 Å². The number of carbonyl (C=O) groups excluding carboxylic acids is 1. The van der Waals surface area contributed by atoms with E-state index in [1.807, 2.05) is 45.0 Å². The van der Waals surface area contributed by atoms with E-state index in [1.54, 1.807) is 0 Å². The second-order valence-electron chi connectivity index (χ2n) is 4.65. The number of carbonyl (C=O) groups is 1. The van der Waals surface area contributed by atoms with Crippen LogP contribution in [0.5, 0.6) is 0 Å². The largest absolute Gasteiger partial charge is 0.468 e. The van der Waals surface area contributed by atoms with Gasteiger partial charge >= 0.3 is 5.97 Å². The highest BCUT2D eigenvalue weighted by Crippen LogP contribution is 2.35. The standard InChI is InChI=1S/C14H16O3/c1-9-12(14(2,3)13(15)16-4)10-7-5-6-8-11(10)17-9/h5-8H,1-4H3. The molecule has 0 amide bonds. The maximum atomic E-state index is 11.9. The summed E-state index contributed by atoms with van der Waals surface area (Å²) in [6.45, 7) is 5.58. The van der Waals surface area contributed by atoms with E-state index in [-0.39, 0.29) is 5.97 Å². The van der Waals surface area contributed by atoms with E-state index in [0.717, 1.165) is 22.3 Å². The van der Waals surface area contributed by atoms with Gasteiger partial charge in [-0.05, 0) is 26.8 Å². The molecule has 0 saturated carbocycles. The van der Waals surface area contributed by atoms with Crippen LogP contribution < -0.4 is 0 Å². The van der Waals surface area contributed by atoms with Gasteiger partial charge in [0.2, 0.25) is 0 Å². The number of hydrogen-bond donors (Lipinski definition) is 0. The third kappa shape index (κ3) is 1.71. The first kappa shape index (κ1) is 11.7. The molecule has 3 nitrogen and oxygen atoms in total. The van der Waals surface area contributed by atoms with E-state index >= 15 is 0 Å². The molecule has 0 aliphatic heterocycles. The Morgan fingerprint density at radius 1 is 1.29 bits per heavy atom. The first-order valence-electron chi connectivity index (χ1n) is 5.55. The van der Waals surface area contributed by atoms with Crippen LogP contribution in [0.3, 0.4) is 0 Å². The number of aryl methyl sites for hydroxylation is 1. The lowest BCUT2D eigenvalue weighted by Crippen LogP contribution is -2.30. The predicted octanol–water partition coefficient (Wildman–Crippen LogP) is 3.19. The minimum atomic E-state index is -0.703. The molecule has 0 N–H and O–H groups in total. The Kier molecular flexibility index (Phi) is 2.69. The molecule has 0 atom stereocenters. The molecule has 1 heterocycles. The Morgan fingerprint density at radius 2 is 1.94 bits per heavy atom. The molecular weight excluding hydrogens is 216 g/mol. The Balaban J connectivity index is 2.70. The number of para-hydroxylation sites is 1. The van der Waals surface area contributed by atoms with Gasteiger partial charge < -0.3 is 9.15 Å². The van der Waals surface area contributed by atoms with Crippen LogP contribution in [0, 0.1) is 6.92 Å². The van der Waals surface area contributed by atoms with E-state index in [2.05, 4.69) is 0 Å². The summed E-state index contributed by atoms with van der Waals surface area (Å²) < 4.78 is 10.5. The Morgan fingerprint density at radius 3 is 2.59 bits per heavy atom. The summed E-state index contributed by atoms with van der Waals surface area (Å²) in [6, 6.07) is 7.72. The van der Waals surface area contributed by atoms with Gasteiger partial charge in [-0.25, -0.2) is 0 Å². The van der Waals surface area contributed by atoms with Crippen LogP contribution in [0.25, 0.3) is 11.0 Å². The maximum absolute atomic E-state index is 11.9. The molecular formula is C14H16O3. The van der Waals surface area contributed by atoms with Crippen molar-refractivity contribution in [2.75, 3.05) is 7.11 Å². The third-order valence-corrected chi connectivity index (χ3v) is 3.09. The summed E-state index contributed by atoms with van der Waals surface area (Å²) in [6.07, 6.45) is 0. The van der Waals surface area contributed by atoms with Crippen molar-refractivity contribution in [1.29, 1.82) is 0 Å². The Hall–Kier alpha value is -1.77. The van der Waals surface area contributed by atoms with Gasteiger partial charge in [-0.3, -0.25) is 4.79 Å². The summed E-state index contributed by atoms with van der Waals surface area (Å²) in [5.41, 5.74) is 1.00. The molecule has 1 aromatic heterocycles. The number of furan rings is 1. The first-order valence-corrected chi connectivity index (χ1v) is 5.55. The van der Waals surface area contributed by atoms with Crippen LogP contribution in [0.4, 0.5) is 0 Å². The summed E-state index contributed by atoms with van der Waals surface area (Å²) in [7, 11) is 1.40. The SMILES string of the molecule is COC(=O)C(C)(C)c1c(C)oc2ccccc12. The van der Waals surface area contributed by atoms with Crippen molar-refractivity contribution in [2.24, 2.45) is 0 Å². The van der Waals surface area contributed by atoms with Crippen molar-refractivity contribution < 1.29 is 13.9 Å². The lowest BCUT2D eigenvalue weighted by molar-refractivity contribution is -0.146. The van der Waals surface area contributed by atoms with Crippen LogP contribution >= 0.6 is 0 Å². The van der Waals surface area contributed by atoms with Crippen molar-refractivity contribution >= 4 is 16.9 Å². The molecule has 0 saturated heterocycles. The van der Waals surface area contributed by atoms with E-state index < -0.39 is 5.41 Å². The fourth-order valence-corrected chi connectivity index (χ4v) is 2.30. The average Bonchev–Trinajstić information content (AvgIpc) is 2.64. The fraction of sp³-hybridized carbons (Fsp3) is 0.357. The molecule has 2 aromatic rings.